The maximum absolute atomic E-state index is 13.8. The van der Waals surface area contributed by atoms with Crippen LogP contribution in [0.3, 0.4) is 0 Å². The number of nitrogens with zero attached hydrogens (tertiary/aromatic N) is 6. The summed E-state index contributed by atoms with van der Waals surface area (Å²) >= 11 is 0. The molecule has 184 valence electrons. The molecular weight excluding hydrogens is 480 g/mol. The number of hydrogen-bond donors (Lipinski definition) is 0. The van der Waals surface area contributed by atoms with Crippen LogP contribution in [0.4, 0.5) is 40.9 Å². The molecule has 3 heterocycles. The van der Waals surface area contributed by atoms with Gasteiger partial charge in [0.15, 0.2) is 17.4 Å². The SMILES string of the molecule is CC(Oc1nc(N2CCC(F)(F)C2)c2nn(Cc3ccccc3C(F)(F)F)nc2n1)C(F)(F)F. The van der Waals surface area contributed by atoms with E-state index < -0.39 is 55.5 Å². The summed E-state index contributed by atoms with van der Waals surface area (Å²) in [6.07, 6.45) is -12.2. The van der Waals surface area contributed by atoms with E-state index in [9.17, 15) is 35.1 Å². The molecule has 0 radical (unpaired) electrons. The number of benzene rings is 1. The molecule has 3 aromatic rings. The number of anilines is 1. The van der Waals surface area contributed by atoms with Crippen molar-refractivity contribution in [2.75, 3.05) is 18.0 Å². The molecule has 2 aromatic heterocycles. The lowest BCUT2D eigenvalue weighted by molar-refractivity contribution is -0.190. The zero-order valence-corrected chi connectivity index (χ0v) is 17.3. The monoisotopic (exact) mass is 496 g/mol. The molecule has 0 spiro atoms. The second-order valence-electron chi connectivity index (χ2n) is 7.72. The highest BCUT2D eigenvalue weighted by molar-refractivity contribution is 5.83. The Morgan fingerprint density at radius 1 is 1.06 bits per heavy atom. The van der Waals surface area contributed by atoms with Crippen LogP contribution in [-0.2, 0) is 12.7 Å². The minimum Gasteiger partial charge on any atom is -0.451 e. The fourth-order valence-electron chi connectivity index (χ4n) is 3.39. The Kier molecular flexibility index (Phi) is 5.76. The van der Waals surface area contributed by atoms with E-state index in [1.807, 2.05) is 0 Å². The van der Waals surface area contributed by atoms with Crippen molar-refractivity contribution in [1.82, 2.24) is 25.0 Å². The van der Waals surface area contributed by atoms with E-state index >= 15 is 0 Å². The minimum atomic E-state index is -4.75. The van der Waals surface area contributed by atoms with Crippen LogP contribution in [0.25, 0.3) is 11.2 Å². The molecule has 0 N–H and O–H groups in total. The van der Waals surface area contributed by atoms with Gasteiger partial charge in [0, 0.05) is 13.0 Å². The summed E-state index contributed by atoms with van der Waals surface area (Å²) in [6.45, 7) is -0.715. The average Bonchev–Trinajstić information content (AvgIpc) is 3.28. The Morgan fingerprint density at radius 3 is 2.38 bits per heavy atom. The number of rotatable bonds is 5. The van der Waals surface area contributed by atoms with Gasteiger partial charge >= 0.3 is 18.4 Å². The molecule has 34 heavy (non-hydrogen) atoms. The number of halogens is 8. The van der Waals surface area contributed by atoms with Gasteiger partial charge in [-0.05, 0) is 18.6 Å². The van der Waals surface area contributed by atoms with Gasteiger partial charge in [-0.2, -0.15) is 41.1 Å². The summed E-state index contributed by atoms with van der Waals surface area (Å²) in [5.74, 6) is -3.32. The number of aromatic nitrogens is 5. The van der Waals surface area contributed by atoms with Crippen LogP contribution in [0.15, 0.2) is 24.3 Å². The Morgan fingerprint density at radius 2 is 1.76 bits per heavy atom. The second-order valence-corrected chi connectivity index (χ2v) is 7.72. The van der Waals surface area contributed by atoms with Gasteiger partial charge < -0.3 is 9.64 Å². The van der Waals surface area contributed by atoms with Crippen molar-refractivity contribution in [1.29, 1.82) is 0 Å². The molecule has 0 bridgehead atoms. The lowest BCUT2D eigenvalue weighted by Gasteiger charge is -2.19. The van der Waals surface area contributed by atoms with Crippen LogP contribution in [0.5, 0.6) is 6.01 Å². The average molecular weight is 496 g/mol. The van der Waals surface area contributed by atoms with Gasteiger partial charge in [0.25, 0.3) is 5.92 Å². The fraction of sp³-hybridized carbons (Fsp3) is 0.474. The van der Waals surface area contributed by atoms with Crippen molar-refractivity contribution in [3.8, 4) is 6.01 Å². The second kappa shape index (κ2) is 8.20. The van der Waals surface area contributed by atoms with E-state index in [4.69, 9.17) is 4.74 Å². The Hall–Kier alpha value is -3.26. The van der Waals surface area contributed by atoms with Gasteiger partial charge in [0.1, 0.15) is 0 Å². The van der Waals surface area contributed by atoms with Crippen molar-refractivity contribution in [3.05, 3.63) is 35.4 Å². The van der Waals surface area contributed by atoms with Gasteiger partial charge in [-0.15, -0.1) is 10.2 Å². The summed E-state index contributed by atoms with van der Waals surface area (Å²) in [5, 5.41) is 7.98. The molecule has 1 atom stereocenters. The largest absolute Gasteiger partial charge is 0.451 e. The normalized spacial score (nSPS) is 17.4. The van der Waals surface area contributed by atoms with Crippen molar-refractivity contribution in [2.24, 2.45) is 0 Å². The smallest absolute Gasteiger partial charge is 0.425 e. The van der Waals surface area contributed by atoms with Crippen LogP contribution in [0.1, 0.15) is 24.5 Å². The van der Waals surface area contributed by atoms with E-state index in [2.05, 4.69) is 20.2 Å². The number of ether oxygens (including phenoxy) is 1. The fourth-order valence-corrected chi connectivity index (χ4v) is 3.39. The molecule has 0 amide bonds. The number of alkyl halides is 8. The van der Waals surface area contributed by atoms with E-state index in [1.165, 1.54) is 18.2 Å². The van der Waals surface area contributed by atoms with Crippen molar-refractivity contribution in [2.45, 2.75) is 44.3 Å². The first-order chi connectivity index (χ1) is 15.7. The van der Waals surface area contributed by atoms with Crippen molar-refractivity contribution in [3.63, 3.8) is 0 Å². The standard InChI is InChI=1S/C19H16F8N6O/c1-10(18(22,23)24)34-16-28-14-13(15(29-16)32-7-6-17(20,21)9-32)30-33(31-14)8-11-4-2-3-5-12(11)19(25,26)27/h2-5,10H,6-9H2,1H3. The molecule has 1 fully saturated rings. The lowest BCUT2D eigenvalue weighted by atomic mass is 10.1. The van der Waals surface area contributed by atoms with E-state index in [0.717, 1.165) is 15.8 Å². The van der Waals surface area contributed by atoms with Crippen LogP contribution in [0, 0.1) is 0 Å². The first-order valence-electron chi connectivity index (χ1n) is 9.87. The Balaban J connectivity index is 1.75. The highest BCUT2D eigenvalue weighted by atomic mass is 19.4. The van der Waals surface area contributed by atoms with Crippen LogP contribution in [0.2, 0.25) is 0 Å². The predicted octanol–water partition coefficient (Wildman–Crippen LogP) is 4.46. The molecule has 1 aliphatic heterocycles. The van der Waals surface area contributed by atoms with Gasteiger partial charge in [-0.25, -0.2) is 8.78 Å². The molecule has 1 saturated heterocycles. The van der Waals surface area contributed by atoms with Crippen LogP contribution < -0.4 is 9.64 Å². The highest BCUT2D eigenvalue weighted by Crippen LogP contribution is 2.35. The van der Waals surface area contributed by atoms with Crippen molar-refractivity contribution < 1.29 is 39.9 Å². The molecule has 1 aliphatic rings. The predicted molar refractivity (Wildman–Crippen MR) is 102 cm³/mol. The van der Waals surface area contributed by atoms with Crippen LogP contribution >= 0.6 is 0 Å². The quantitative estimate of drug-likeness (QED) is 0.486. The first-order valence-corrected chi connectivity index (χ1v) is 9.87. The van der Waals surface area contributed by atoms with E-state index in [0.29, 0.717) is 6.92 Å². The molecule has 1 unspecified atom stereocenters. The van der Waals surface area contributed by atoms with Crippen molar-refractivity contribution >= 4 is 17.0 Å². The molecule has 0 aliphatic carbocycles. The molecule has 7 nitrogen and oxygen atoms in total. The summed E-state index contributed by atoms with van der Waals surface area (Å²) in [5.41, 5.74) is -1.58. The lowest BCUT2D eigenvalue weighted by Crippen LogP contribution is -2.32. The Labute approximate surface area is 186 Å². The topological polar surface area (TPSA) is 69.0 Å². The van der Waals surface area contributed by atoms with Gasteiger partial charge in [-0.1, -0.05) is 18.2 Å². The van der Waals surface area contributed by atoms with Gasteiger partial charge in [-0.3, -0.25) is 0 Å². The molecular formula is C19H16F8N6O. The third-order valence-corrected chi connectivity index (χ3v) is 5.10. The molecule has 4 rings (SSSR count). The number of hydrogen-bond acceptors (Lipinski definition) is 6. The summed E-state index contributed by atoms with van der Waals surface area (Å²) in [7, 11) is 0. The zero-order valence-electron chi connectivity index (χ0n) is 17.3. The maximum Gasteiger partial charge on any atom is 0.425 e. The summed E-state index contributed by atoms with van der Waals surface area (Å²) < 4.78 is 111. The van der Waals surface area contributed by atoms with Gasteiger partial charge in [0.2, 0.25) is 5.65 Å². The number of fused-ring (bicyclic) bond motifs is 1. The molecule has 0 saturated carbocycles. The van der Waals surface area contributed by atoms with E-state index in [-0.39, 0.29) is 29.1 Å². The third kappa shape index (κ3) is 4.97. The zero-order chi connectivity index (χ0) is 24.9. The first kappa shape index (κ1) is 23.9. The molecule has 1 aromatic carbocycles. The summed E-state index contributed by atoms with van der Waals surface area (Å²) in [4.78, 5) is 9.55. The Bertz CT molecular complexity index is 1190. The van der Waals surface area contributed by atoms with Crippen LogP contribution in [-0.4, -0.2) is 56.3 Å². The molecule has 15 heteroatoms. The highest BCUT2D eigenvalue weighted by Gasteiger charge is 2.41. The van der Waals surface area contributed by atoms with E-state index in [1.54, 1.807) is 0 Å². The maximum atomic E-state index is 13.8. The summed E-state index contributed by atoms with van der Waals surface area (Å²) in [6, 6.07) is 3.91. The van der Waals surface area contributed by atoms with Gasteiger partial charge in [0.05, 0.1) is 18.7 Å². The third-order valence-electron chi connectivity index (χ3n) is 5.10. The minimum absolute atomic E-state index is 0.158.